The molecule has 0 atom stereocenters. The maximum Gasteiger partial charge on any atom is 0.240 e. The summed E-state index contributed by atoms with van der Waals surface area (Å²) in [4.78, 5) is 4.77. The van der Waals surface area contributed by atoms with Crippen molar-refractivity contribution < 1.29 is 12.8 Å². The second kappa shape index (κ2) is 9.01. The third-order valence-electron chi connectivity index (χ3n) is 4.63. The van der Waals surface area contributed by atoms with Gasteiger partial charge in [0.05, 0.1) is 4.90 Å². The van der Waals surface area contributed by atoms with Gasteiger partial charge < -0.3 is 4.90 Å². The minimum atomic E-state index is -3.49. The van der Waals surface area contributed by atoms with Gasteiger partial charge in [0.2, 0.25) is 10.0 Å². The van der Waals surface area contributed by atoms with E-state index in [2.05, 4.69) is 14.5 Å². The molecule has 1 heterocycles. The van der Waals surface area contributed by atoms with Crippen molar-refractivity contribution in [3.05, 3.63) is 59.4 Å². The van der Waals surface area contributed by atoms with Crippen LogP contribution in [0.1, 0.15) is 6.42 Å². The number of halogens is 2. The fourth-order valence-electron chi connectivity index (χ4n) is 3.09. The van der Waals surface area contributed by atoms with Crippen LogP contribution >= 0.6 is 11.6 Å². The number of anilines is 1. The summed E-state index contributed by atoms with van der Waals surface area (Å²) in [6.07, 6.45) is 0.739. The van der Waals surface area contributed by atoms with E-state index in [9.17, 15) is 12.8 Å². The van der Waals surface area contributed by atoms with E-state index in [1.165, 1.54) is 24.3 Å². The first-order chi connectivity index (χ1) is 12.9. The molecule has 5 nitrogen and oxygen atoms in total. The van der Waals surface area contributed by atoms with Crippen molar-refractivity contribution in [3.63, 3.8) is 0 Å². The molecule has 0 radical (unpaired) electrons. The van der Waals surface area contributed by atoms with E-state index < -0.39 is 10.0 Å². The Labute approximate surface area is 164 Å². The molecule has 0 aromatic heterocycles. The van der Waals surface area contributed by atoms with Gasteiger partial charge in [0.25, 0.3) is 0 Å². The maximum atomic E-state index is 13.0. The normalized spacial score (nSPS) is 15.9. The molecule has 1 aliphatic rings. The summed E-state index contributed by atoms with van der Waals surface area (Å²) < 4.78 is 40.1. The molecule has 146 valence electrons. The molecule has 1 N–H and O–H groups in total. The molecule has 1 saturated heterocycles. The zero-order valence-corrected chi connectivity index (χ0v) is 16.5. The largest absolute Gasteiger partial charge is 0.369 e. The molecule has 0 unspecified atom stereocenters. The molecule has 0 bridgehead atoms. The third-order valence-corrected chi connectivity index (χ3v) is 6.36. The van der Waals surface area contributed by atoms with Crippen LogP contribution in [-0.4, -0.2) is 52.6 Å². The molecule has 2 aromatic carbocycles. The summed E-state index contributed by atoms with van der Waals surface area (Å²) in [5, 5.41) is 0.508. The van der Waals surface area contributed by atoms with Gasteiger partial charge in [-0.3, -0.25) is 4.90 Å². The van der Waals surface area contributed by atoms with Gasteiger partial charge in [-0.05, 0) is 61.5 Å². The van der Waals surface area contributed by atoms with Crippen LogP contribution in [0.2, 0.25) is 5.02 Å². The van der Waals surface area contributed by atoms with E-state index >= 15 is 0 Å². The van der Waals surface area contributed by atoms with Gasteiger partial charge in [-0.15, -0.1) is 0 Å². The first kappa shape index (κ1) is 20.1. The fourth-order valence-corrected chi connectivity index (χ4v) is 4.29. The maximum absolute atomic E-state index is 13.0. The molecule has 8 heteroatoms. The molecule has 3 rings (SSSR count). The van der Waals surface area contributed by atoms with E-state index in [4.69, 9.17) is 11.6 Å². The Morgan fingerprint density at radius 1 is 0.963 bits per heavy atom. The lowest BCUT2D eigenvalue weighted by Gasteiger charge is -2.36. The number of hydrogen-bond donors (Lipinski definition) is 1. The number of piperazine rings is 1. The summed E-state index contributed by atoms with van der Waals surface area (Å²) in [5.74, 6) is -0.224. The predicted molar refractivity (Wildman–Crippen MR) is 106 cm³/mol. The van der Waals surface area contributed by atoms with Crippen molar-refractivity contribution in [1.29, 1.82) is 0 Å². The van der Waals surface area contributed by atoms with Crippen molar-refractivity contribution in [2.24, 2.45) is 0 Å². The van der Waals surface area contributed by atoms with Gasteiger partial charge in [0.1, 0.15) is 5.82 Å². The summed E-state index contributed by atoms with van der Waals surface area (Å²) in [7, 11) is -3.49. The lowest BCUT2D eigenvalue weighted by Crippen LogP contribution is -2.47. The second-order valence-corrected chi connectivity index (χ2v) is 8.71. The van der Waals surface area contributed by atoms with Crippen molar-refractivity contribution in [1.82, 2.24) is 9.62 Å². The Morgan fingerprint density at radius 3 is 2.22 bits per heavy atom. The number of hydrogen-bond acceptors (Lipinski definition) is 4. The molecule has 1 fully saturated rings. The van der Waals surface area contributed by atoms with Crippen LogP contribution in [0, 0.1) is 5.82 Å². The Morgan fingerprint density at radius 2 is 1.59 bits per heavy atom. The first-order valence-corrected chi connectivity index (χ1v) is 10.8. The van der Waals surface area contributed by atoms with E-state index in [1.54, 1.807) is 24.3 Å². The average molecular weight is 412 g/mol. The summed E-state index contributed by atoms with van der Waals surface area (Å²) in [6, 6.07) is 12.7. The van der Waals surface area contributed by atoms with Crippen LogP contribution in [0.5, 0.6) is 0 Å². The fraction of sp³-hybridized carbons (Fsp3) is 0.368. The Kier molecular flexibility index (Phi) is 6.70. The van der Waals surface area contributed by atoms with Crippen LogP contribution in [0.15, 0.2) is 53.4 Å². The second-order valence-electron chi connectivity index (χ2n) is 6.51. The van der Waals surface area contributed by atoms with Crippen LogP contribution < -0.4 is 9.62 Å². The quantitative estimate of drug-likeness (QED) is 0.712. The predicted octanol–water partition coefficient (Wildman–Crippen LogP) is 2.97. The topological polar surface area (TPSA) is 52.7 Å². The molecule has 2 aromatic rings. The van der Waals surface area contributed by atoms with Crippen molar-refractivity contribution in [2.75, 3.05) is 44.2 Å². The monoisotopic (exact) mass is 411 g/mol. The minimum Gasteiger partial charge on any atom is -0.369 e. The molecule has 0 aliphatic carbocycles. The van der Waals surface area contributed by atoms with Gasteiger partial charge >= 0.3 is 0 Å². The van der Waals surface area contributed by atoms with Crippen LogP contribution in [0.25, 0.3) is 0 Å². The van der Waals surface area contributed by atoms with Crippen LogP contribution in [0.4, 0.5) is 10.1 Å². The zero-order chi connectivity index (χ0) is 19.3. The average Bonchev–Trinajstić information content (AvgIpc) is 2.67. The number of sulfonamides is 1. The van der Waals surface area contributed by atoms with Gasteiger partial charge in [-0.25, -0.2) is 17.5 Å². The van der Waals surface area contributed by atoms with E-state index in [0.717, 1.165) is 44.8 Å². The highest BCUT2D eigenvalue weighted by molar-refractivity contribution is 7.89. The summed E-state index contributed by atoms with van der Waals surface area (Å²) in [5.41, 5.74) is 1.03. The third kappa shape index (κ3) is 5.65. The van der Waals surface area contributed by atoms with Crippen molar-refractivity contribution in [3.8, 4) is 0 Å². The smallest absolute Gasteiger partial charge is 0.240 e. The summed E-state index contributed by atoms with van der Waals surface area (Å²) >= 11 is 5.79. The van der Waals surface area contributed by atoms with Crippen LogP contribution in [-0.2, 0) is 10.0 Å². The molecular weight excluding hydrogens is 389 g/mol. The Bertz CT molecular complexity index is 836. The SMILES string of the molecule is O=S(=O)(NCCCN1CCN(c2ccc(F)cc2)CC1)c1ccc(Cl)cc1. The zero-order valence-electron chi connectivity index (χ0n) is 14.9. The standard InChI is InChI=1S/C19H23ClFN3O2S/c20-16-2-8-19(9-3-16)27(25,26)22-10-1-11-23-12-14-24(15-13-23)18-6-4-17(21)5-7-18/h2-9,22H,1,10-15H2. The van der Waals surface area contributed by atoms with Gasteiger partial charge in [0, 0.05) is 43.4 Å². The van der Waals surface area contributed by atoms with Gasteiger partial charge in [0.15, 0.2) is 0 Å². The highest BCUT2D eigenvalue weighted by Crippen LogP contribution is 2.17. The molecule has 27 heavy (non-hydrogen) atoms. The molecular formula is C19H23ClFN3O2S. The number of rotatable bonds is 7. The number of nitrogens with one attached hydrogen (secondary N) is 1. The minimum absolute atomic E-state index is 0.222. The van der Waals surface area contributed by atoms with Gasteiger partial charge in [-0.2, -0.15) is 0 Å². The van der Waals surface area contributed by atoms with Crippen molar-refractivity contribution >= 4 is 27.3 Å². The Hall–Kier alpha value is -1.67. The summed E-state index contributed by atoms with van der Waals surface area (Å²) in [6.45, 7) is 4.79. The highest BCUT2D eigenvalue weighted by Gasteiger charge is 2.17. The molecule has 0 spiro atoms. The highest BCUT2D eigenvalue weighted by atomic mass is 35.5. The number of nitrogens with zero attached hydrogens (tertiary/aromatic N) is 2. The van der Waals surface area contributed by atoms with Gasteiger partial charge in [-0.1, -0.05) is 11.6 Å². The molecule has 1 aliphatic heterocycles. The van der Waals surface area contributed by atoms with Crippen molar-refractivity contribution in [2.45, 2.75) is 11.3 Å². The van der Waals surface area contributed by atoms with E-state index in [0.29, 0.717) is 11.6 Å². The lowest BCUT2D eigenvalue weighted by molar-refractivity contribution is 0.255. The first-order valence-electron chi connectivity index (χ1n) is 8.92. The van der Waals surface area contributed by atoms with Crippen LogP contribution in [0.3, 0.4) is 0 Å². The molecule has 0 saturated carbocycles. The lowest BCUT2D eigenvalue weighted by atomic mass is 10.2. The Balaban J connectivity index is 1.39. The molecule has 0 amide bonds. The van der Waals surface area contributed by atoms with E-state index in [-0.39, 0.29) is 10.7 Å². The number of benzene rings is 2. The van der Waals surface area contributed by atoms with E-state index in [1.807, 2.05) is 0 Å².